The summed E-state index contributed by atoms with van der Waals surface area (Å²) in [6.07, 6.45) is 95.6. The minimum absolute atomic E-state index is 0.0812. The maximum atomic E-state index is 13.0. The average molecular weight is 1160 g/mol. The highest BCUT2D eigenvalue weighted by Crippen LogP contribution is 2.17. The van der Waals surface area contributed by atoms with E-state index in [1.807, 2.05) is 0 Å². The van der Waals surface area contributed by atoms with E-state index in [0.29, 0.717) is 19.3 Å². The van der Waals surface area contributed by atoms with Crippen LogP contribution in [0.3, 0.4) is 0 Å². The first-order valence-electron chi connectivity index (χ1n) is 35.7. The molecule has 0 bridgehead atoms. The Morgan fingerprint density at radius 1 is 0.253 bits per heavy atom. The van der Waals surface area contributed by atoms with Crippen LogP contribution < -0.4 is 0 Å². The van der Waals surface area contributed by atoms with Crippen LogP contribution in [-0.4, -0.2) is 37.2 Å². The predicted octanol–water partition coefficient (Wildman–Crippen LogP) is 24.8. The van der Waals surface area contributed by atoms with Crippen LogP contribution in [0.15, 0.2) is 97.2 Å². The lowest BCUT2D eigenvalue weighted by Gasteiger charge is -2.18. The molecule has 0 aliphatic heterocycles. The number of esters is 3. The number of hydrogen-bond acceptors (Lipinski definition) is 6. The quantitative estimate of drug-likeness (QED) is 0.0261. The van der Waals surface area contributed by atoms with Crippen molar-refractivity contribution in [2.75, 3.05) is 13.2 Å². The normalized spacial score (nSPS) is 12.7. The third kappa shape index (κ3) is 69.0. The Bertz CT molecular complexity index is 1610. The summed E-state index contributed by atoms with van der Waals surface area (Å²) < 4.78 is 17.0. The Kier molecular flexibility index (Phi) is 67.7. The van der Waals surface area contributed by atoms with Gasteiger partial charge in [0.25, 0.3) is 0 Å². The minimum atomic E-state index is -0.787. The van der Waals surface area contributed by atoms with E-state index in [2.05, 4.69) is 118 Å². The molecule has 0 saturated heterocycles. The molecule has 0 heterocycles. The molecule has 0 saturated carbocycles. The lowest BCUT2D eigenvalue weighted by molar-refractivity contribution is -0.167. The van der Waals surface area contributed by atoms with Crippen LogP contribution in [0.2, 0.25) is 0 Å². The van der Waals surface area contributed by atoms with Gasteiger partial charge in [0.1, 0.15) is 13.2 Å². The van der Waals surface area contributed by atoms with Crippen molar-refractivity contribution >= 4 is 17.9 Å². The number of ether oxygens (including phenoxy) is 3. The lowest BCUT2D eigenvalue weighted by atomic mass is 10.0. The molecule has 0 aromatic rings. The number of rotatable bonds is 65. The van der Waals surface area contributed by atoms with Crippen molar-refractivity contribution in [3.8, 4) is 0 Å². The Hall–Kier alpha value is -3.67. The van der Waals surface area contributed by atoms with Gasteiger partial charge in [-0.05, 0) is 122 Å². The Morgan fingerprint density at radius 2 is 0.470 bits per heavy atom. The second kappa shape index (κ2) is 70.8. The highest BCUT2D eigenvalue weighted by atomic mass is 16.6. The molecule has 0 aromatic heterocycles. The molecule has 0 rings (SSSR count). The largest absolute Gasteiger partial charge is 0.462 e. The van der Waals surface area contributed by atoms with Gasteiger partial charge in [0, 0.05) is 19.3 Å². The van der Waals surface area contributed by atoms with Crippen LogP contribution in [0.25, 0.3) is 0 Å². The van der Waals surface area contributed by atoms with Crippen molar-refractivity contribution in [2.45, 2.75) is 361 Å². The molecule has 1 atom stereocenters. The van der Waals surface area contributed by atoms with E-state index in [9.17, 15) is 14.4 Å². The van der Waals surface area contributed by atoms with Gasteiger partial charge >= 0.3 is 17.9 Å². The van der Waals surface area contributed by atoms with E-state index < -0.39 is 6.10 Å². The SMILES string of the molecule is CC/C=C\C/C=C\C/C=C\C/C=C\C/C=C\CCCCCCCCCC(=O)OCC(COC(=O)CCCCCCCCCCC/C=C\CCCCCCCC)OC(=O)CCCCCCCCCCCCC/C=C\C/C=C\CCCCCCC. The predicted molar refractivity (Wildman–Crippen MR) is 362 cm³/mol. The molecule has 0 aromatic carbocycles. The maximum absolute atomic E-state index is 13.0. The van der Waals surface area contributed by atoms with Crippen molar-refractivity contribution in [1.29, 1.82) is 0 Å². The smallest absolute Gasteiger partial charge is 0.306 e. The molecule has 0 fully saturated rings. The molecule has 6 heteroatoms. The Labute approximate surface area is 515 Å². The zero-order valence-corrected chi connectivity index (χ0v) is 54.9. The molecule has 0 aliphatic rings. The topological polar surface area (TPSA) is 78.9 Å². The van der Waals surface area contributed by atoms with Crippen LogP contribution in [-0.2, 0) is 28.6 Å². The molecular formula is C77H134O6. The zero-order valence-electron chi connectivity index (χ0n) is 54.9. The molecule has 6 nitrogen and oxygen atoms in total. The van der Waals surface area contributed by atoms with Gasteiger partial charge in [0.2, 0.25) is 0 Å². The fraction of sp³-hybridized carbons (Fsp3) is 0.753. The van der Waals surface area contributed by atoms with Crippen LogP contribution >= 0.6 is 0 Å². The van der Waals surface area contributed by atoms with Gasteiger partial charge in [0.15, 0.2) is 6.10 Å². The van der Waals surface area contributed by atoms with Gasteiger partial charge in [-0.25, -0.2) is 0 Å². The third-order valence-corrected chi connectivity index (χ3v) is 15.5. The summed E-state index contributed by atoms with van der Waals surface area (Å²) in [7, 11) is 0. The van der Waals surface area contributed by atoms with Crippen molar-refractivity contribution in [1.82, 2.24) is 0 Å². The summed E-state index contributed by atoms with van der Waals surface area (Å²) in [5, 5.41) is 0. The molecule has 0 amide bonds. The van der Waals surface area contributed by atoms with Crippen LogP contribution in [0, 0.1) is 0 Å². The first-order chi connectivity index (χ1) is 41.0. The monoisotopic (exact) mass is 1160 g/mol. The summed E-state index contributed by atoms with van der Waals surface area (Å²) >= 11 is 0. The standard InChI is InChI=1S/C77H134O6/c1-4-7-10-13-16-19-22-25-28-31-34-36-38-40-43-46-49-52-55-58-61-64-67-70-76(79)82-73-74(72-81-75(78)69-66-63-60-57-54-51-48-45-42-33-30-27-24-21-18-15-12-9-6-3)83-77(80)71-68-65-62-59-56-53-50-47-44-41-39-37-35-32-29-26-23-20-17-14-11-8-5-2/h7,10,16,19,23,25-28,30,32,34-36,40,43,74H,4-6,8-9,11-15,17-18,20-22,24,29,31,33,37-39,41-42,44-73H2,1-3H3/b10-7-,19-16-,26-23-,28-25-,30-27-,35-32-,36-34-,43-40-. The van der Waals surface area contributed by atoms with Crippen molar-refractivity contribution in [2.24, 2.45) is 0 Å². The number of allylic oxidation sites excluding steroid dienone is 16. The number of carbonyl (C=O) groups is 3. The van der Waals surface area contributed by atoms with Crippen molar-refractivity contribution in [3.05, 3.63) is 97.2 Å². The first kappa shape index (κ1) is 79.3. The van der Waals surface area contributed by atoms with Gasteiger partial charge in [-0.2, -0.15) is 0 Å². The number of carbonyl (C=O) groups excluding carboxylic acids is 3. The Balaban J connectivity index is 4.40. The second-order valence-electron chi connectivity index (χ2n) is 23.8. The summed E-state index contributed by atoms with van der Waals surface area (Å²) in [6.45, 7) is 6.55. The third-order valence-electron chi connectivity index (χ3n) is 15.5. The highest BCUT2D eigenvalue weighted by molar-refractivity contribution is 5.71. The fourth-order valence-electron chi connectivity index (χ4n) is 10.2. The van der Waals surface area contributed by atoms with E-state index in [-0.39, 0.29) is 31.1 Å². The summed E-state index contributed by atoms with van der Waals surface area (Å²) in [5.74, 6) is -0.879. The zero-order chi connectivity index (χ0) is 59.9. The van der Waals surface area contributed by atoms with Crippen LogP contribution in [0.5, 0.6) is 0 Å². The average Bonchev–Trinajstić information content (AvgIpc) is 3.49. The summed E-state index contributed by atoms with van der Waals surface area (Å²) in [6, 6.07) is 0. The van der Waals surface area contributed by atoms with E-state index in [0.717, 1.165) is 103 Å². The maximum Gasteiger partial charge on any atom is 0.306 e. The number of hydrogen-bond donors (Lipinski definition) is 0. The van der Waals surface area contributed by atoms with Gasteiger partial charge in [0.05, 0.1) is 0 Å². The molecule has 0 spiro atoms. The van der Waals surface area contributed by atoms with Crippen LogP contribution in [0.1, 0.15) is 355 Å². The van der Waals surface area contributed by atoms with E-state index >= 15 is 0 Å². The molecule has 0 aliphatic carbocycles. The van der Waals surface area contributed by atoms with Crippen molar-refractivity contribution in [3.63, 3.8) is 0 Å². The Morgan fingerprint density at radius 3 is 0.747 bits per heavy atom. The molecular weight excluding hydrogens is 1020 g/mol. The molecule has 83 heavy (non-hydrogen) atoms. The van der Waals surface area contributed by atoms with Crippen LogP contribution in [0.4, 0.5) is 0 Å². The summed E-state index contributed by atoms with van der Waals surface area (Å²) in [4.78, 5) is 38.5. The van der Waals surface area contributed by atoms with Gasteiger partial charge < -0.3 is 14.2 Å². The molecule has 0 N–H and O–H groups in total. The summed E-state index contributed by atoms with van der Waals surface area (Å²) in [5.41, 5.74) is 0. The molecule has 0 radical (unpaired) electrons. The highest BCUT2D eigenvalue weighted by Gasteiger charge is 2.19. The van der Waals surface area contributed by atoms with E-state index in [1.54, 1.807) is 0 Å². The first-order valence-corrected chi connectivity index (χ1v) is 35.7. The van der Waals surface area contributed by atoms with E-state index in [4.69, 9.17) is 14.2 Å². The number of unbranched alkanes of at least 4 members (excludes halogenated alkanes) is 38. The molecule has 478 valence electrons. The van der Waals surface area contributed by atoms with E-state index in [1.165, 1.54) is 212 Å². The minimum Gasteiger partial charge on any atom is -0.462 e. The fourth-order valence-corrected chi connectivity index (χ4v) is 10.2. The van der Waals surface area contributed by atoms with Gasteiger partial charge in [-0.3, -0.25) is 14.4 Å². The lowest BCUT2D eigenvalue weighted by Crippen LogP contribution is -2.30. The molecule has 1 unspecified atom stereocenters. The second-order valence-corrected chi connectivity index (χ2v) is 23.8. The van der Waals surface area contributed by atoms with Crippen molar-refractivity contribution < 1.29 is 28.6 Å². The van der Waals surface area contributed by atoms with Gasteiger partial charge in [-0.15, -0.1) is 0 Å². The van der Waals surface area contributed by atoms with Gasteiger partial charge in [-0.1, -0.05) is 311 Å².